The van der Waals surface area contributed by atoms with Crippen LogP contribution in [0.2, 0.25) is 0 Å². The third kappa shape index (κ3) is 9.70. The standard InChI is InChI=1S/C21H30N4O11/c1-10(26)32-9-15(33-11(2)27)17(34-12(3)28)18-16(23-20(30)36-21(4,5)6)13(24-25-22)8-14(35-18)19(29)31-7/h8,13,15-18H,9H2,1-7H3,(H,23,30)/t13-,15-,16+,17-,18+/m0/s1. The van der Waals surface area contributed by atoms with E-state index in [-0.39, 0.29) is 0 Å². The number of methoxy groups -OCH3 is 1. The van der Waals surface area contributed by atoms with Crippen molar-refractivity contribution in [2.24, 2.45) is 5.11 Å². The lowest BCUT2D eigenvalue weighted by molar-refractivity contribution is -0.187. The highest BCUT2D eigenvalue weighted by Crippen LogP contribution is 2.28. The molecular weight excluding hydrogens is 484 g/mol. The van der Waals surface area contributed by atoms with Crippen LogP contribution in [0.5, 0.6) is 0 Å². The zero-order chi connectivity index (χ0) is 27.6. The molecule has 15 heteroatoms. The van der Waals surface area contributed by atoms with Crippen molar-refractivity contribution in [1.29, 1.82) is 0 Å². The van der Waals surface area contributed by atoms with E-state index in [1.54, 1.807) is 20.8 Å². The van der Waals surface area contributed by atoms with Gasteiger partial charge in [-0.1, -0.05) is 5.11 Å². The number of nitrogens with zero attached hydrogens (tertiary/aromatic N) is 3. The molecule has 0 aromatic rings. The maximum Gasteiger partial charge on any atom is 0.408 e. The van der Waals surface area contributed by atoms with Crippen LogP contribution in [0, 0.1) is 0 Å². The number of nitrogens with one attached hydrogen (secondary N) is 1. The van der Waals surface area contributed by atoms with Gasteiger partial charge in [0.15, 0.2) is 18.3 Å². The normalized spacial score (nSPS) is 20.6. The second kappa shape index (κ2) is 13.2. The number of esters is 4. The Balaban J connectivity index is 3.64. The van der Waals surface area contributed by atoms with Gasteiger partial charge in [-0.2, -0.15) is 0 Å². The molecule has 200 valence electrons. The van der Waals surface area contributed by atoms with Crippen molar-refractivity contribution < 1.29 is 52.4 Å². The van der Waals surface area contributed by atoms with E-state index in [2.05, 4.69) is 20.1 Å². The number of carbonyl (C=O) groups excluding carboxylic acids is 5. The summed E-state index contributed by atoms with van der Waals surface area (Å²) >= 11 is 0. The maximum atomic E-state index is 12.6. The van der Waals surface area contributed by atoms with Gasteiger partial charge in [0.2, 0.25) is 5.76 Å². The van der Waals surface area contributed by atoms with Gasteiger partial charge in [-0.05, 0) is 32.4 Å². The summed E-state index contributed by atoms with van der Waals surface area (Å²) in [5, 5.41) is 6.08. The number of alkyl carbamates (subject to hydrolysis) is 1. The summed E-state index contributed by atoms with van der Waals surface area (Å²) in [5.41, 5.74) is 8.18. The lowest BCUT2D eigenvalue weighted by atomic mass is 9.92. The summed E-state index contributed by atoms with van der Waals surface area (Å²) in [6.45, 7) is 7.47. The molecule has 1 aliphatic heterocycles. The third-order valence-corrected chi connectivity index (χ3v) is 4.32. The van der Waals surface area contributed by atoms with Crippen molar-refractivity contribution in [2.45, 2.75) is 77.5 Å². The van der Waals surface area contributed by atoms with Gasteiger partial charge >= 0.3 is 30.0 Å². The Hall–Kier alpha value is -4.00. The summed E-state index contributed by atoms with van der Waals surface area (Å²) < 4.78 is 31.2. The topological polar surface area (TPSA) is 202 Å². The van der Waals surface area contributed by atoms with E-state index in [0.717, 1.165) is 34.0 Å². The minimum atomic E-state index is -1.57. The van der Waals surface area contributed by atoms with Crippen LogP contribution in [-0.4, -0.2) is 79.7 Å². The molecular formula is C21H30N4O11. The Kier molecular flexibility index (Phi) is 11.0. The Morgan fingerprint density at radius 3 is 2.19 bits per heavy atom. The van der Waals surface area contributed by atoms with Crippen LogP contribution in [0.15, 0.2) is 16.9 Å². The molecule has 1 aliphatic rings. The molecule has 5 atom stereocenters. The number of hydrogen-bond acceptors (Lipinski definition) is 12. The highest BCUT2D eigenvalue weighted by molar-refractivity contribution is 5.86. The average molecular weight is 514 g/mol. The number of carbonyl (C=O) groups is 5. The Morgan fingerprint density at radius 1 is 1.11 bits per heavy atom. The Bertz CT molecular complexity index is 937. The molecule has 15 nitrogen and oxygen atoms in total. The smallest absolute Gasteiger partial charge is 0.408 e. The second-order valence-corrected chi connectivity index (χ2v) is 8.50. The van der Waals surface area contributed by atoms with Gasteiger partial charge in [0.25, 0.3) is 0 Å². The van der Waals surface area contributed by atoms with Crippen LogP contribution in [0.3, 0.4) is 0 Å². The van der Waals surface area contributed by atoms with Gasteiger partial charge in [-0.3, -0.25) is 14.4 Å². The molecule has 1 heterocycles. The molecule has 0 saturated heterocycles. The monoisotopic (exact) mass is 514 g/mol. The van der Waals surface area contributed by atoms with Crippen LogP contribution in [0.1, 0.15) is 41.5 Å². The van der Waals surface area contributed by atoms with E-state index in [1.807, 2.05) is 0 Å². The molecule has 1 amide bonds. The average Bonchev–Trinajstić information content (AvgIpc) is 2.74. The number of hydrogen-bond donors (Lipinski definition) is 1. The van der Waals surface area contributed by atoms with Gasteiger partial charge < -0.3 is 33.7 Å². The van der Waals surface area contributed by atoms with Gasteiger partial charge in [0, 0.05) is 25.7 Å². The van der Waals surface area contributed by atoms with Crippen LogP contribution in [0.4, 0.5) is 4.79 Å². The first kappa shape index (κ1) is 30.0. The lowest BCUT2D eigenvalue weighted by Gasteiger charge is -2.40. The van der Waals surface area contributed by atoms with Crippen molar-refractivity contribution >= 4 is 30.0 Å². The summed E-state index contributed by atoms with van der Waals surface area (Å²) in [6, 6.07) is -2.59. The van der Waals surface area contributed by atoms with Crippen LogP contribution >= 0.6 is 0 Å². The molecule has 0 unspecified atom stereocenters. The molecule has 0 aromatic carbocycles. The molecule has 0 radical (unpaired) electrons. The molecule has 0 aliphatic carbocycles. The third-order valence-electron chi connectivity index (χ3n) is 4.32. The first-order chi connectivity index (χ1) is 16.7. The van der Waals surface area contributed by atoms with Gasteiger partial charge in [-0.15, -0.1) is 0 Å². The minimum absolute atomic E-state index is 0.437. The molecule has 1 rings (SSSR count). The van der Waals surface area contributed by atoms with Crippen molar-refractivity contribution in [3.05, 3.63) is 22.3 Å². The fraction of sp³-hybridized carbons (Fsp3) is 0.667. The van der Waals surface area contributed by atoms with Crippen molar-refractivity contribution in [3.63, 3.8) is 0 Å². The van der Waals surface area contributed by atoms with Crippen molar-refractivity contribution in [3.8, 4) is 0 Å². The SMILES string of the molecule is COC(=O)C1=C[C@H](N=[N+]=[N-])[C@@H](NC(=O)OC(C)(C)C)[C@H]([C@@H](OC(C)=O)[C@H](COC(C)=O)OC(C)=O)O1. The molecule has 0 saturated carbocycles. The number of azide groups is 1. The van der Waals surface area contributed by atoms with E-state index in [4.69, 9.17) is 29.2 Å². The largest absolute Gasteiger partial charge is 0.477 e. The van der Waals surface area contributed by atoms with E-state index < -0.39 is 78.3 Å². The van der Waals surface area contributed by atoms with Gasteiger partial charge in [0.1, 0.15) is 12.2 Å². The zero-order valence-electron chi connectivity index (χ0n) is 21.0. The second-order valence-electron chi connectivity index (χ2n) is 8.50. The van der Waals surface area contributed by atoms with E-state index in [0.29, 0.717) is 0 Å². The molecule has 0 bridgehead atoms. The van der Waals surface area contributed by atoms with Gasteiger partial charge in [-0.25, -0.2) is 9.59 Å². The quantitative estimate of drug-likeness (QED) is 0.153. The highest BCUT2D eigenvalue weighted by atomic mass is 16.6. The van der Waals surface area contributed by atoms with Crippen LogP contribution in [0.25, 0.3) is 10.4 Å². The van der Waals surface area contributed by atoms with E-state index in [9.17, 15) is 24.0 Å². The number of rotatable bonds is 9. The van der Waals surface area contributed by atoms with Crippen molar-refractivity contribution in [2.75, 3.05) is 13.7 Å². The predicted octanol–water partition coefficient (Wildman–Crippen LogP) is 1.44. The summed E-state index contributed by atoms with van der Waals surface area (Å²) in [7, 11) is 1.07. The molecule has 1 N–H and O–H groups in total. The number of ether oxygens (including phenoxy) is 6. The predicted molar refractivity (Wildman–Crippen MR) is 119 cm³/mol. The minimum Gasteiger partial charge on any atom is -0.477 e. The Labute approximate surface area is 207 Å². The highest BCUT2D eigenvalue weighted by Gasteiger charge is 2.48. The van der Waals surface area contributed by atoms with Gasteiger partial charge in [0.05, 0.1) is 19.2 Å². The summed E-state index contributed by atoms with van der Waals surface area (Å²) in [5.74, 6) is -3.84. The molecule has 36 heavy (non-hydrogen) atoms. The van der Waals surface area contributed by atoms with Crippen LogP contribution in [-0.2, 0) is 47.6 Å². The maximum absolute atomic E-state index is 12.6. The summed E-state index contributed by atoms with van der Waals surface area (Å²) in [4.78, 5) is 62.8. The lowest BCUT2D eigenvalue weighted by Crippen LogP contribution is -2.61. The number of amides is 1. The Morgan fingerprint density at radius 2 is 1.72 bits per heavy atom. The van der Waals surface area contributed by atoms with Crippen molar-refractivity contribution in [1.82, 2.24) is 5.32 Å². The zero-order valence-corrected chi connectivity index (χ0v) is 21.0. The van der Waals surface area contributed by atoms with E-state index >= 15 is 0 Å². The van der Waals surface area contributed by atoms with E-state index in [1.165, 1.54) is 0 Å². The fourth-order valence-electron chi connectivity index (χ4n) is 3.13. The first-order valence-corrected chi connectivity index (χ1v) is 10.7. The molecule has 0 spiro atoms. The fourth-order valence-corrected chi connectivity index (χ4v) is 3.13. The molecule has 0 aromatic heterocycles. The summed E-state index contributed by atoms with van der Waals surface area (Å²) in [6.07, 6.45) is -4.40. The first-order valence-electron chi connectivity index (χ1n) is 10.7. The van der Waals surface area contributed by atoms with Crippen LogP contribution < -0.4 is 5.32 Å². The molecule has 0 fully saturated rings.